The molecule has 0 bridgehead atoms. The molecule has 0 fully saturated rings. The van der Waals surface area contributed by atoms with Gasteiger partial charge >= 0.3 is 0 Å². The fourth-order valence-corrected chi connectivity index (χ4v) is 2.16. The molecule has 0 radical (unpaired) electrons. The van der Waals surface area contributed by atoms with Crippen LogP contribution in [-0.4, -0.2) is 12.6 Å². The predicted molar refractivity (Wildman–Crippen MR) is 85.7 cm³/mol. The van der Waals surface area contributed by atoms with Crippen LogP contribution in [0.15, 0.2) is 54.6 Å². The van der Waals surface area contributed by atoms with E-state index >= 15 is 0 Å². The van der Waals surface area contributed by atoms with Crippen molar-refractivity contribution in [3.05, 3.63) is 60.2 Å². The van der Waals surface area contributed by atoms with Gasteiger partial charge < -0.3 is 15.2 Å². The Bertz CT molecular complexity index is 540. The second kappa shape index (κ2) is 7.70. The minimum Gasteiger partial charge on any atom is -0.487 e. The van der Waals surface area contributed by atoms with Gasteiger partial charge in [-0.2, -0.15) is 0 Å². The summed E-state index contributed by atoms with van der Waals surface area (Å²) in [6.07, 6.45) is 0.813. The molecule has 112 valence electrons. The topological polar surface area (TPSA) is 44.5 Å². The SMILES string of the molecule is CC(C)Oc1ccccc1OC(CCN)c1ccccc1. The lowest BCUT2D eigenvalue weighted by molar-refractivity contribution is 0.173. The Hall–Kier alpha value is -2.00. The molecule has 0 aliphatic rings. The zero-order chi connectivity index (χ0) is 15.1. The molecule has 3 nitrogen and oxygen atoms in total. The Morgan fingerprint density at radius 2 is 1.43 bits per heavy atom. The molecule has 0 saturated heterocycles. The number of rotatable bonds is 7. The molecular formula is C18H23NO2. The third-order valence-electron chi connectivity index (χ3n) is 3.08. The van der Waals surface area contributed by atoms with Crippen LogP contribution in [0.5, 0.6) is 11.5 Å². The first kappa shape index (κ1) is 15.4. The Morgan fingerprint density at radius 1 is 0.857 bits per heavy atom. The van der Waals surface area contributed by atoms with Crippen molar-refractivity contribution in [2.45, 2.75) is 32.5 Å². The molecule has 0 saturated carbocycles. The largest absolute Gasteiger partial charge is 0.487 e. The van der Waals surface area contributed by atoms with Crippen LogP contribution in [0.3, 0.4) is 0 Å². The lowest BCUT2D eigenvalue weighted by Gasteiger charge is -2.21. The van der Waals surface area contributed by atoms with Gasteiger partial charge in [0.15, 0.2) is 11.5 Å². The number of hydrogen-bond donors (Lipinski definition) is 1. The normalized spacial score (nSPS) is 12.2. The molecule has 0 spiro atoms. The molecule has 2 rings (SSSR count). The minimum atomic E-state index is -0.0619. The molecule has 1 atom stereocenters. The summed E-state index contributed by atoms with van der Waals surface area (Å²) in [5, 5.41) is 0. The molecule has 0 amide bonds. The van der Waals surface area contributed by atoms with Crippen LogP contribution in [0.2, 0.25) is 0 Å². The van der Waals surface area contributed by atoms with Crippen LogP contribution in [-0.2, 0) is 0 Å². The molecule has 2 aromatic rings. The van der Waals surface area contributed by atoms with Crippen LogP contribution in [0.1, 0.15) is 31.9 Å². The van der Waals surface area contributed by atoms with E-state index in [1.807, 2.05) is 56.3 Å². The quantitative estimate of drug-likeness (QED) is 0.838. The van der Waals surface area contributed by atoms with Gasteiger partial charge in [-0.15, -0.1) is 0 Å². The third-order valence-corrected chi connectivity index (χ3v) is 3.08. The van der Waals surface area contributed by atoms with E-state index < -0.39 is 0 Å². The van der Waals surface area contributed by atoms with Gasteiger partial charge in [0.25, 0.3) is 0 Å². The van der Waals surface area contributed by atoms with E-state index in [0.717, 1.165) is 23.5 Å². The molecule has 2 N–H and O–H groups in total. The molecule has 0 heterocycles. The van der Waals surface area contributed by atoms with Gasteiger partial charge in [0.05, 0.1) is 6.10 Å². The Morgan fingerprint density at radius 3 is 2.00 bits per heavy atom. The van der Waals surface area contributed by atoms with Crippen molar-refractivity contribution < 1.29 is 9.47 Å². The van der Waals surface area contributed by atoms with Crippen molar-refractivity contribution in [1.82, 2.24) is 0 Å². The lowest BCUT2D eigenvalue weighted by Crippen LogP contribution is -2.14. The molecule has 21 heavy (non-hydrogen) atoms. The third kappa shape index (κ3) is 4.50. The van der Waals surface area contributed by atoms with Crippen LogP contribution < -0.4 is 15.2 Å². The highest BCUT2D eigenvalue weighted by atomic mass is 16.5. The van der Waals surface area contributed by atoms with Crippen molar-refractivity contribution in [2.24, 2.45) is 5.73 Å². The first-order valence-corrected chi connectivity index (χ1v) is 7.38. The van der Waals surface area contributed by atoms with E-state index in [1.165, 1.54) is 0 Å². The van der Waals surface area contributed by atoms with Gasteiger partial charge in [-0.3, -0.25) is 0 Å². The Balaban J connectivity index is 2.21. The summed E-state index contributed by atoms with van der Waals surface area (Å²) in [7, 11) is 0. The predicted octanol–water partition coefficient (Wildman–Crippen LogP) is 3.94. The van der Waals surface area contributed by atoms with Gasteiger partial charge in [0.1, 0.15) is 6.10 Å². The van der Waals surface area contributed by atoms with Crippen LogP contribution >= 0.6 is 0 Å². The summed E-state index contributed by atoms with van der Waals surface area (Å²) < 4.78 is 12.0. The van der Waals surface area contributed by atoms with Gasteiger partial charge in [0, 0.05) is 6.42 Å². The van der Waals surface area contributed by atoms with Gasteiger partial charge in [-0.25, -0.2) is 0 Å². The van der Waals surface area contributed by atoms with Crippen molar-refractivity contribution in [2.75, 3.05) is 6.54 Å². The average Bonchev–Trinajstić information content (AvgIpc) is 2.49. The number of nitrogens with two attached hydrogens (primary N) is 1. The fourth-order valence-electron chi connectivity index (χ4n) is 2.16. The summed E-state index contributed by atoms with van der Waals surface area (Å²) in [6.45, 7) is 4.59. The molecule has 0 aliphatic carbocycles. The lowest BCUT2D eigenvalue weighted by atomic mass is 10.1. The van der Waals surface area contributed by atoms with Crippen molar-refractivity contribution in [3.63, 3.8) is 0 Å². The summed E-state index contributed by atoms with van der Waals surface area (Å²) in [4.78, 5) is 0. The fraction of sp³-hybridized carbons (Fsp3) is 0.333. The van der Waals surface area contributed by atoms with Gasteiger partial charge in [-0.1, -0.05) is 42.5 Å². The summed E-state index contributed by atoms with van der Waals surface area (Å²) in [5.41, 5.74) is 6.86. The second-order valence-electron chi connectivity index (χ2n) is 5.21. The number of hydrogen-bond acceptors (Lipinski definition) is 3. The minimum absolute atomic E-state index is 0.0619. The van der Waals surface area contributed by atoms with Crippen molar-refractivity contribution in [1.29, 1.82) is 0 Å². The van der Waals surface area contributed by atoms with E-state index in [2.05, 4.69) is 12.1 Å². The number of para-hydroxylation sites is 2. The highest BCUT2D eigenvalue weighted by molar-refractivity contribution is 5.40. The van der Waals surface area contributed by atoms with Crippen LogP contribution in [0, 0.1) is 0 Å². The molecule has 3 heteroatoms. The Kier molecular flexibility index (Phi) is 5.64. The molecule has 0 aromatic heterocycles. The second-order valence-corrected chi connectivity index (χ2v) is 5.21. The Labute approximate surface area is 126 Å². The number of benzene rings is 2. The molecule has 1 unspecified atom stereocenters. The summed E-state index contributed by atoms with van der Waals surface area (Å²) in [5.74, 6) is 1.53. The molecule has 0 aliphatic heterocycles. The van der Waals surface area contributed by atoms with Gasteiger partial charge in [-0.05, 0) is 38.1 Å². The highest BCUT2D eigenvalue weighted by Crippen LogP contribution is 2.32. The highest BCUT2D eigenvalue weighted by Gasteiger charge is 2.15. The zero-order valence-corrected chi connectivity index (χ0v) is 12.7. The van der Waals surface area contributed by atoms with E-state index in [-0.39, 0.29) is 12.2 Å². The first-order valence-electron chi connectivity index (χ1n) is 7.38. The van der Waals surface area contributed by atoms with Crippen LogP contribution in [0.25, 0.3) is 0 Å². The molecular weight excluding hydrogens is 262 g/mol. The van der Waals surface area contributed by atoms with E-state index in [1.54, 1.807) is 0 Å². The van der Waals surface area contributed by atoms with Crippen LogP contribution in [0.4, 0.5) is 0 Å². The first-order chi connectivity index (χ1) is 10.2. The zero-order valence-electron chi connectivity index (χ0n) is 12.7. The molecule has 2 aromatic carbocycles. The smallest absolute Gasteiger partial charge is 0.162 e. The summed E-state index contributed by atoms with van der Waals surface area (Å²) >= 11 is 0. The maximum atomic E-state index is 6.17. The van der Waals surface area contributed by atoms with E-state index in [0.29, 0.717) is 6.54 Å². The van der Waals surface area contributed by atoms with Crippen molar-refractivity contribution in [3.8, 4) is 11.5 Å². The van der Waals surface area contributed by atoms with Gasteiger partial charge in [0.2, 0.25) is 0 Å². The number of ether oxygens (including phenoxy) is 2. The maximum absolute atomic E-state index is 6.17. The van der Waals surface area contributed by atoms with E-state index in [4.69, 9.17) is 15.2 Å². The summed E-state index contributed by atoms with van der Waals surface area (Å²) in [6, 6.07) is 17.9. The standard InChI is InChI=1S/C18H23NO2/c1-14(2)20-17-10-6-7-11-18(17)21-16(12-13-19)15-8-4-3-5-9-15/h3-11,14,16H,12-13,19H2,1-2H3. The maximum Gasteiger partial charge on any atom is 0.162 e. The monoisotopic (exact) mass is 285 g/mol. The van der Waals surface area contributed by atoms with E-state index in [9.17, 15) is 0 Å². The average molecular weight is 285 g/mol. The van der Waals surface area contributed by atoms with Crippen molar-refractivity contribution >= 4 is 0 Å².